The van der Waals surface area contributed by atoms with Gasteiger partial charge < -0.3 is 10.6 Å². The van der Waals surface area contributed by atoms with E-state index in [1.54, 1.807) is 17.3 Å². The van der Waals surface area contributed by atoms with Crippen LogP contribution in [0, 0.1) is 0 Å². The fraction of sp³-hybridized carbons (Fsp3) is 0.143. The predicted octanol–water partition coefficient (Wildman–Crippen LogP) is 1.75. The zero-order chi connectivity index (χ0) is 12.5. The van der Waals surface area contributed by atoms with Gasteiger partial charge >= 0.3 is 0 Å². The van der Waals surface area contributed by atoms with Crippen LogP contribution < -0.4 is 10.6 Å². The highest BCUT2D eigenvalue weighted by Gasteiger charge is 2.27. The van der Waals surface area contributed by atoms with E-state index in [1.807, 2.05) is 30.3 Å². The van der Waals surface area contributed by atoms with Gasteiger partial charge in [-0.15, -0.1) is 0 Å². The number of carbonyl (C=O) groups is 1. The number of hydrogen-bond donors (Lipinski definition) is 1. The number of nitrogen functional groups attached to an aromatic ring is 1. The van der Waals surface area contributed by atoms with Gasteiger partial charge in [0.1, 0.15) is 0 Å². The van der Waals surface area contributed by atoms with Crippen molar-refractivity contribution in [1.29, 1.82) is 0 Å². The standard InChI is InChI=1S/C14H13N3O/c15-12-3-4-13-11(6-12)7-14(18)17(13)9-10-2-1-5-16-8-10/h1-6,8H,7,9,15H2. The first-order chi connectivity index (χ1) is 8.74. The lowest BCUT2D eigenvalue weighted by molar-refractivity contribution is -0.117. The first-order valence-corrected chi connectivity index (χ1v) is 5.82. The van der Waals surface area contributed by atoms with Crippen molar-refractivity contribution in [3.63, 3.8) is 0 Å². The molecule has 3 rings (SSSR count). The van der Waals surface area contributed by atoms with E-state index in [1.165, 1.54) is 0 Å². The normalized spacial score (nSPS) is 13.8. The summed E-state index contributed by atoms with van der Waals surface area (Å²) < 4.78 is 0. The molecule has 0 atom stereocenters. The van der Waals surface area contributed by atoms with Gasteiger partial charge in [-0.2, -0.15) is 0 Å². The minimum atomic E-state index is 0.111. The second kappa shape index (κ2) is 4.14. The number of rotatable bonds is 2. The van der Waals surface area contributed by atoms with Crippen LogP contribution in [0.4, 0.5) is 11.4 Å². The molecule has 90 valence electrons. The van der Waals surface area contributed by atoms with Gasteiger partial charge in [0.25, 0.3) is 0 Å². The summed E-state index contributed by atoms with van der Waals surface area (Å²) in [6.07, 6.45) is 3.94. The van der Waals surface area contributed by atoms with E-state index in [-0.39, 0.29) is 5.91 Å². The second-order valence-electron chi connectivity index (χ2n) is 4.41. The molecule has 0 radical (unpaired) electrons. The van der Waals surface area contributed by atoms with Crippen molar-refractivity contribution < 1.29 is 4.79 Å². The van der Waals surface area contributed by atoms with E-state index in [9.17, 15) is 4.79 Å². The molecule has 0 unspecified atom stereocenters. The van der Waals surface area contributed by atoms with E-state index < -0.39 is 0 Å². The molecule has 2 heterocycles. The van der Waals surface area contributed by atoms with Crippen LogP contribution in [0.5, 0.6) is 0 Å². The van der Waals surface area contributed by atoms with Crippen molar-refractivity contribution in [1.82, 2.24) is 4.98 Å². The van der Waals surface area contributed by atoms with Crippen LogP contribution in [-0.2, 0) is 17.8 Å². The van der Waals surface area contributed by atoms with Gasteiger partial charge in [0.15, 0.2) is 0 Å². The van der Waals surface area contributed by atoms with E-state index in [0.717, 1.165) is 16.8 Å². The molecule has 0 saturated heterocycles. The highest BCUT2D eigenvalue weighted by molar-refractivity contribution is 6.01. The van der Waals surface area contributed by atoms with Crippen molar-refractivity contribution in [3.8, 4) is 0 Å². The Bertz CT molecular complexity index is 595. The maximum Gasteiger partial charge on any atom is 0.231 e. The summed E-state index contributed by atoms with van der Waals surface area (Å²) in [6, 6.07) is 9.45. The van der Waals surface area contributed by atoms with E-state index in [4.69, 9.17) is 5.73 Å². The van der Waals surface area contributed by atoms with Crippen LogP contribution in [0.1, 0.15) is 11.1 Å². The number of anilines is 2. The summed E-state index contributed by atoms with van der Waals surface area (Å²) in [6.45, 7) is 0.559. The lowest BCUT2D eigenvalue weighted by Gasteiger charge is -2.17. The van der Waals surface area contributed by atoms with E-state index in [2.05, 4.69) is 4.98 Å². The number of benzene rings is 1. The summed E-state index contributed by atoms with van der Waals surface area (Å²) in [5.41, 5.74) is 9.42. The molecule has 2 aromatic rings. The van der Waals surface area contributed by atoms with Crippen LogP contribution >= 0.6 is 0 Å². The Morgan fingerprint density at radius 1 is 1.33 bits per heavy atom. The Morgan fingerprint density at radius 3 is 3.00 bits per heavy atom. The first-order valence-electron chi connectivity index (χ1n) is 5.82. The number of nitrogens with two attached hydrogens (primary N) is 1. The molecule has 4 heteroatoms. The van der Waals surface area contributed by atoms with Crippen LogP contribution in [0.15, 0.2) is 42.7 Å². The lowest BCUT2D eigenvalue weighted by Crippen LogP contribution is -2.25. The van der Waals surface area contributed by atoms with Crippen LogP contribution in [0.25, 0.3) is 0 Å². The average molecular weight is 239 g/mol. The third kappa shape index (κ3) is 1.82. The van der Waals surface area contributed by atoms with Gasteiger partial charge in [0, 0.05) is 23.8 Å². The van der Waals surface area contributed by atoms with Crippen LogP contribution in [0.2, 0.25) is 0 Å². The van der Waals surface area contributed by atoms with Crippen molar-refractivity contribution >= 4 is 17.3 Å². The van der Waals surface area contributed by atoms with Crippen LogP contribution in [-0.4, -0.2) is 10.9 Å². The Kier molecular flexibility index (Phi) is 2.48. The summed E-state index contributed by atoms with van der Waals surface area (Å²) >= 11 is 0. The molecule has 1 aromatic heterocycles. The first kappa shape index (κ1) is 10.8. The van der Waals surface area contributed by atoms with Gasteiger partial charge in [-0.1, -0.05) is 6.07 Å². The molecule has 1 amide bonds. The van der Waals surface area contributed by atoms with Gasteiger partial charge in [0.2, 0.25) is 5.91 Å². The molecule has 4 nitrogen and oxygen atoms in total. The summed E-state index contributed by atoms with van der Waals surface area (Å²) in [7, 11) is 0. The minimum Gasteiger partial charge on any atom is -0.399 e. The molecule has 2 N–H and O–H groups in total. The molecule has 0 aliphatic carbocycles. The molecule has 1 aromatic carbocycles. The van der Waals surface area contributed by atoms with Crippen LogP contribution in [0.3, 0.4) is 0 Å². The molecule has 1 aliphatic rings. The molecule has 0 spiro atoms. The van der Waals surface area contributed by atoms with Crippen molar-refractivity contribution in [3.05, 3.63) is 53.9 Å². The van der Waals surface area contributed by atoms with Crippen molar-refractivity contribution in [2.45, 2.75) is 13.0 Å². The number of fused-ring (bicyclic) bond motifs is 1. The SMILES string of the molecule is Nc1ccc2c(c1)CC(=O)N2Cc1cccnc1. The molecular formula is C14H13N3O. The number of hydrogen-bond acceptors (Lipinski definition) is 3. The van der Waals surface area contributed by atoms with E-state index >= 15 is 0 Å². The molecule has 0 fully saturated rings. The monoisotopic (exact) mass is 239 g/mol. The quantitative estimate of drug-likeness (QED) is 0.812. The van der Waals surface area contributed by atoms with Gasteiger partial charge in [-0.25, -0.2) is 0 Å². The highest BCUT2D eigenvalue weighted by atomic mass is 16.2. The third-order valence-electron chi connectivity index (χ3n) is 3.10. The van der Waals surface area contributed by atoms with Crippen molar-refractivity contribution in [2.75, 3.05) is 10.6 Å². The average Bonchev–Trinajstić information content (AvgIpc) is 2.66. The molecule has 1 aliphatic heterocycles. The number of amides is 1. The third-order valence-corrected chi connectivity index (χ3v) is 3.10. The highest BCUT2D eigenvalue weighted by Crippen LogP contribution is 2.31. The maximum absolute atomic E-state index is 12.0. The van der Waals surface area contributed by atoms with E-state index in [0.29, 0.717) is 18.7 Å². The molecule has 18 heavy (non-hydrogen) atoms. The Balaban J connectivity index is 1.93. The molecular weight excluding hydrogens is 226 g/mol. The number of carbonyl (C=O) groups excluding carboxylic acids is 1. The fourth-order valence-corrected chi connectivity index (χ4v) is 2.25. The second-order valence-corrected chi connectivity index (χ2v) is 4.41. The van der Waals surface area contributed by atoms with Gasteiger partial charge in [-0.3, -0.25) is 9.78 Å². The lowest BCUT2D eigenvalue weighted by atomic mass is 10.1. The predicted molar refractivity (Wildman–Crippen MR) is 70.0 cm³/mol. The maximum atomic E-state index is 12.0. The summed E-state index contributed by atoms with van der Waals surface area (Å²) in [4.78, 5) is 17.9. The zero-order valence-electron chi connectivity index (χ0n) is 9.84. The molecule has 0 bridgehead atoms. The van der Waals surface area contributed by atoms with Crippen molar-refractivity contribution in [2.24, 2.45) is 0 Å². The number of nitrogens with zero attached hydrogens (tertiary/aromatic N) is 2. The number of pyridine rings is 1. The Morgan fingerprint density at radius 2 is 2.22 bits per heavy atom. The fourth-order valence-electron chi connectivity index (χ4n) is 2.25. The number of aromatic nitrogens is 1. The van der Waals surface area contributed by atoms with Gasteiger partial charge in [0.05, 0.1) is 13.0 Å². The van der Waals surface area contributed by atoms with Gasteiger partial charge in [-0.05, 0) is 35.4 Å². The topological polar surface area (TPSA) is 59.2 Å². The summed E-state index contributed by atoms with van der Waals surface area (Å²) in [5.74, 6) is 0.111. The zero-order valence-corrected chi connectivity index (χ0v) is 9.84. The molecule has 0 saturated carbocycles. The smallest absolute Gasteiger partial charge is 0.231 e. The Labute approximate surface area is 105 Å². The Hall–Kier alpha value is -2.36. The summed E-state index contributed by atoms with van der Waals surface area (Å²) in [5, 5.41) is 0. The minimum absolute atomic E-state index is 0.111. The largest absolute Gasteiger partial charge is 0.399 e.